The van der Waals surface area contributed by atoms with Gasteiger partial charge in [0.25, 0.3) is 5.91 Å². The second kappa shape index (κ2) is 8.31. The maximum atomic E-state index is 12.1. The van der Waals surface area contributed by atoms with Crippen LogP contribution in [0.1, 0.15) is 18.4 Å². The Balaban J connectivity index is 1.22. The van der Waals surface area contributed by atoms with Gasteiger partial charge in [-0.2, -0.15) is 0 Å². The minimum absolute atomic E-state index is 0.0569. The van der Waals surface area contributed by atoms with Gasteiger partial charge >= 0.3 is 6.03 Å². The molecule has 2 aromatic carbocycles. The molecule has 28 heavy (non-hydrogen) atoms. The van der Waals surface area contributed by atoms with E-state index in [-0.39, 0.29) is 24.1 Å². The molecule has 0 unspecified atom stereocenters. The van der Waals surface area contributed by atoms with Crippen LogP contribution in [0.4, 0.5) is 16.2 Å². The summed E-state index contributed by atoms with van der Waals surface area (Å²) in [4.78, 5) is 24.2. The summed E-state index contributed by atoms with van der Waals surface area (Å²) in [5.41, 5.74) is 2.47. The minimum atomic E-state index is -0.368. The normalized spacial score (nSPS) is 20.1. The van der Waals surface area contributed by atoms with E-state index in [1.807, 2.05) is 24.3 Å². The number of para-hydroxylation sites is 1. The highest BCUT2D eigenvalue weighted by Crippen LogP contribution is 2.27. The molecule has 0 radical (unpaired) electrons. The Morgan fingerprint density at radius 2 is 1.75 bits per heavy atom. The van der Waals surface area contributed by atoms with Gasteiger partial charge in [-0.1, -0.05) is 18.2 Å². The van der Waals surface area contributed by atoms with Crippen LogP contribution < -0.4 is 20.7 Å². The smallest absolute Gasteiger partial charge is 0.319 e. The summed E-state index contributed by atoms with van der Waals surface area (Å²) in [6, 6.07) is 14.6. The lowest BCUT2D eigenvalue weighted by molar-refractivity contribution is -0.124. The van der Waals surface area contributed by atoms with Crippen molar-refractivity contribution in [2.24, 2.45) is 0 Å². The molecule has 2 atom stereocenters. The summed E-state index contributed by atoms with van der Waals surface area (Å²) in [6.45, 7) is 1.06. The molecule has 7 heteroatoms. The molecule has 7 nitrogen and oxygen atoms in total. The topological polar surface area (TPSA) is 88.7 Å². The number of carbonyl (C=O) groups excluding carboxylic acids is 2. The molecule has 0 spiro atoms. The van der Waals surface area contributed by atoms with Crippen molar-refractivity contribution < 1.29 is 19.1 Å². The summed E-state index contributed by atoms with van der Waals surface area (Å²) in [7, 11) is 0. The number of urea groups is 1. The minimum Gasteiger partial charge on any atom is -0.488 e. The molecule has 3 N–H and O–H groups in total. The average Bonchev–Trinajstić information content (AvgIpc) is 3.37. The van der Waals surface area contributed by atoms with E-state index >= 15 is 0 Å². The summed E-state index contributed by atoms with van der Waals surface area (Å²) in [6.07, 6.45) is 2.02. The first-order chi connectivity index (χ1) is 13.7. The Labute approximate surface area is 163 Å². The van der Waals surface area contributed by atoms with E-state index in [4.69, 9.17) is 9.47 Å². The quantitative estimate of drug-likeness (QED) is 0.743. The molecule has 2 aromatic rings. The number of benzene rings is 2. The van der Waals surface area contributed by atoms with Crippen molar-refractivity contribution in [3.8, 4) is 5.75 Å². The predicted molar refractivity (Wildman–Crippen MR) is 106 cm³/mol. The number of hydrogen-bond acceptors (Lipinski definition) is 4. The lowest BCUT2D eigenvalue weighted by atomic mass is 10.1. The number of hydrogen-bond donors (Lipinski definition) is 3. The Bertz CT molecular complexity index is 822. The van der Waals surface area contributed by atoms with Gasteiger partial charge in [-0.25, -0.2) is 4.79 Å². The van der Waals surface area contributed by atoms with E-state index in [0.717, 1.165) is 30.6 Å². The molecule has 2 heterocycles. The van der Waals surface area contributed by atoms with Gasteiger partial charge in [0.1, 0.15) is 18.0 Å². The first kappa shape index (κ1) is 18.3. The van der Waals surface area contributed by atoms with Crippen molar-refractivity contribution in [1.82, 2.24) is 5.32 Å². The summed E-state index contributed by atoms with van der Waals surface area (Å²) >= 11 is 0. The molecule has 3 amide bonds. The Hall–Kier alpha value is -3.06. The first-order valence-corrected chi connectivity index (χ1v) is 9.49. The largest absolute Gasteiger partial charge is 0.488 e. The molecule has 2 aliphatic rings. The SMILES string of the molecule is O=C(NC[C@@H]1Cc2ccccc2O1)Nc1ccc(NC(=O)[C@@H]2CCCO2)cc1. The van der Waals surface area contributed by atoms with Gasteiger partial charge in [-0.05, 0) is 48.7 Å². The van der Waals surface area contributed by atoms with Gasteiger partial charge < -0.3 is 25.4 Å². The van der Waals surface area contributed by atoms with Crippen LogP contribution in [0.25, 0.3) is 0 Å². The van der Waals surface area contributed by atoms with Gasteiger partial charge in [-0.15, -0.1) is 0 Å². The molecule has 4 rings (SSSR count). The van der Waals surface area contributed by atoms with Crippen LogP contribution in [0.3, 0.4) is 0 Å². The number of nitrogens with one attached hydrogen (secondary N) is 3. The fraction of sp³-hybridized carbons (Fsp3) is 0.333. The molecule has 0 aromatic heterocycles. The van der Waals surface area contributed by atoms with Crippen LogP contribution in [0.15, 0.2) is 48.5 Å². The number of anilines is 2. The van der Waals surface area contributed by atoms with E-state index in [1.54, 1.807) is 24.3 Å². The molecule has 0 aliphatic carbocycles. The zero-order valence-corrected chi connectivity index (χ0v) is 15.4. The van der Waals surface area contributed by atoms with Crippen molar-refractivity contribution in [2.45, 2.75) is 31.5 Å². The van der Waals surface area contributed by atoms with Crippen LogP contribution in [0.2, 0.25) is 0 Å². The van der Waals surface area contributed by atoms with Crippen LogP contribution in [0.5, 0.6) is 5.75 Å². The van der Waals surface area contributed by atoms with Crippen molar-refractivity contribution in [3.05, 3.63) is 54.1 Å². The molecular weight excluding hydrogens is 358 g/mol. The maximum absolute atomic E-state index is 12.1. The summed E-state index contributed by atoms with van der Waals surface area (Å²) in [5, 5.41) is 8.44. The number of carbonyl (C=O) groups is 2. The van der Waals surface area contributed by atoms with Gasteiger partial charge in [0.05, 0.1) is 6.54 Å². The van der Waals surface area contributed by atoms with Gasteiger partial charge in [-0.3, -0.25) is 4.79 Å². The molecule has 146 valence electrons. The number of amides is 3. The van der Waals surface area contributed by atoms with E-state index < -0.39 is 0 Å². The number of rotatable bonds is 5. The number of ether oxygens (including phenoxy) is 2. The molecule has 2 aliphatic heterocycles. The Morgan fingerprint density at radius 3 is 2.46 bits per heavy atom. The maximum Gasteiger partial charge on any atom is 0.319 e. The van der Waals surface area contributed by atoms with Gasteiger partial charge in [0, 0.05) is 24.4 Å². The third-order valence-electron chi connectivity index (χ3n) is 4.84. The Kier molecular flexibility index (Phi) is 5.43. The van der Waals surface area contributed by atoms with E-state index in [0.29, 0.717) is 24.5 Å². The second-order valence-corrected chi connectivity index (χ2v) is 6.95. The average molecular weight is 381 g/mol. The first-order valence-electron chi connectivity index (χ1n) is 9.49. The summed E-state index contributed by atoms with van der Waals surface area (Å²) < 4.78 is 11.2. The fourth-order valence-electron chi connectivity index (χ4n) is 3.39. The standard InChI is InChI=1S/C21H23N3O4/c25-20(19-6-3-11-27-19)23-15-7-9-16(10-8-15)24-21(26)22-13-17-12-14-4-1-2-5-18(14)28-17/h1-2,4-5,7-10,17,19H,3,6,11-13H2,(H,23,25)(H2,22,24,26)/t17-,19-/m0/s1. The zero-order valence-electron chi connectivity index (χ0n) is 15.4. The van der Waals surface area contributed by atoms with Gasteiger partial charge in [0.15, 0.2) is 0 Å². The molecular formula is C21H23N3O4. The molecule has 1 saturated heterocycles. The van der Waals surface area contributed by atoms with E-state index in [1.165, 1.54) is 0 Å². The number of fused-ring (bicyclic) bond motifs is 1. The third kappa shape index (κ3) is 4.43. The Morgan fingerprint density at radius 1 is 1.00 bits per heavy atom. The van der Waals surface area contributed by atoms with Crippen molar-refractivity contribution in [1.29, 1.82) is 0 Å². The van der Waals surface area contributed by atoms with Crippen LogP contribution >= 0.6 is 0 Å². The highest BCUT2D eigenvalue weighted by atomic mass is 16.5. The van der Waals surface area contributed by atoms with Crippen LogP contribution in [0, 0.1) is 0 Å². The van der Waals surface area contributed by atoms with Crippen LogP contribution in [-0.4, -0.2) is 37.3 Å². The van der Waals surface area contributed by atoms with Crippen LogP contribution in [-0.2, 0) is 16.0 Å². The highest BCUT2D eigenvalue weighted by Gasteiger charge is 2.24. The van der Waals surface area contributed by atoms with E-state index in [2.05, 4.69) is 16.0 Å². The molecule has 1 fully saturated rings. The lowest BCUT2D eigenvalue weighted by Crippen LogP contribution is -2.37. The van der Waals surface area contributed by atoms with Crippen molar-refractivity contribution >= 4 is 23.3 Å². The predicted octanol–water partition coefficient (Wildman–Crippen LogP) is 2.93. The monoisotopic (exact) mass is 381 g/mol. The van der Waals surface area contributed by atoms with Gasteiger partial charge in [0.2, 0.25) is 0 Å². The third-order valence-corrected chi connectivity index (χ3v) is 4.84. The fourth-order valence-corrected chi connectivity index (χ4v) is 3.39. The second-order valence-electron chi connectivity index (χ2n) is 6.95. The lowest BCUT2D eigenvalue weighted by Gasteiger charge is -2.13. The zero-order chi connectivity index (χ0) is 19.3. The molecule has 0 saturated carbocycles. The van der Waals surface area contributed by atoms with Crippen molar-refractivity contribution in [2.75, 3.05) is 23.8 Å². The molecule has 0 bridgehead atoms. The van der Waals surface area contributed by atoms with E-state index in [9.17, 15) is 9.59 Å². The highest BCUT2D eigenvalue weighted by molar-refractivity contribution is 5.95. The summed E-state index contributed by atoms with van der Waals surface area (Å²) in [5.74, 6) is 0.754. The van der Waals surface area contributed by atoms with Crippen molar-refractivity contribution in [3.63, 3.8) is 0 Å².